The van der Waals surface area contributed by atoms with Crippen LogP contribution in [0, 0.1) is 0 Å². The number of hydrogen-bond acceptors (Lipinski definition) is 4. The number of phenolic OH excluding ortho intramolecular Hbond substituents is 1. The maximum atomic E-state index is 10.1. The Balaban J connectivity index is 2.13. The van der Waals surface area contributed by atoms with E-state index in [0.29, 0.717) is 5.75 Å². The average Bonchev–Trinajstić information content (AvgIpc) is 2.38. The molecule has 0 radical (unpaired) electrons. The summed E-state index contributed by atoms with van der Waals surface area (Å²) in [6.07, 6.45) is 1.43. The molecule has 1 saturated heterocycles. The second-order valence-electron chi connectivity index (χ2n) is 4.97. The third-order valence-electron chi connectivity index (χ3n) is 3.74. The summed E-state index contributed by atoms with van der Waals surface area (Å²) in [6, 6.07) is 5.97. The van der Waals surface area contributed by atoms with Gasteiger partial charge in [-0.05, 0) is 32.9 Å². The fraction of sp³-hybridized carbons (Fsp3) is 0.571. The molecule has 0 spiro atoms. The quantitative estimate of drug-likeness (QED) is 0.763. The Morgan fingerprint density at radius 2 is 2.00 bits per heavy atom. The van der Waals surface area contributed by atoms with Gasteiger partial charge in [0.15, 0.2) is 0 Å². The Hall–Kier alpha value is -1.26. The first-order valence-corrected chi connectivity index (χ1v) is 6.55. The van der Waals surface area contributed by atoms with Gasteiger partial charge in [0.25, 0.3) is 0 Å². The topological polar surface area (TPSA) is 55.7 Å². The molecule has 1 aliphatic rings. The van der Waals surface area contributed by atoms with Crippen LogP contribution in [0.15, 0.2) is 18.2 Å². The van der Waals surface area contributed by atoms with Gasteiger partial charge in [0.05, 0.1) is 6.10 Å². The Bertz CT molecular complexity index is 401. The number of nitrogens with zero attached hydrogens (tertiary/aromatic N) is 1. The van der Waals surface area contributed by atoms with Crippen molar-refractivity contribution in [3.8, 4) is 5.75 Å². The Morgan fingerprint density at radius 3 is 2.56 bits per heavy atom. The Morgan fingerprint density at radius 1 is 1.33 bits per heavy atom. The normalized spacial score (nSPS) is 18.9. The molecule has 1 atom stereocenters. The van der Waals surface area contributed by atoms with Crippen LogP contribution in [-0.4, -0.2) is 36.5 Å². The number of benzene rings is 1. The minimum absolute atomic E-state index is 0.141. The molecule has 1 aromatic carbocycles. The molecule has 2 rings (SSSR count). The van der Waals surface area contributed by atoms with Crippen molar-refractivity contribution >= 4 is 5.69 Å². The minimum Gasteiger partial charge on any atom is -0.508 e. The molecule has 4 heteroatoms. The first-order chi connectivity index (χ1) is 8.61. The van der Waals surface area contributed by atoms with Crippen LogP contribution in [-0.2, 0) is 0 Å². The van der Waals surface area contributed by atoms with Gasteiger partial charge in [0.1, 0.15) is 5.75 Å². The van der Waals surface area contributed by atoms with Gasteiger partial charge < -0.3 is 20.4 Å². The molecule has 0 aromatic heterocycles. The van der Waals surface area contributed by atoms with Crippen molar-refractivity contribution in [3.63, 3.8) is 0 Å². The third kappa shape index (κ3) is 2.76. The summed E-state index contributed by atoms with van der Waals surface area (Å²) < 4.78 is 0. The molecule has 3 N–H and O–H groups in total. The van der Waals surface area contributed by atoms with Gasteiger partial charge in [-0.2, -0.15) is 0 Å². The van der Waals surface area contributed by atoms with Gasteiger partial charge in [-0.1, -0.05) is 6.07 Å². The standard InChI is InChI=1S/C14H22N2O2/c1-10(15-2)13-4-3-11(9-14(13)18)16-7-5-12(17)6-8-16/h3-4,9-10,12,15,17-18H,5-8H2,1-2H3. The van der Waals surface area contributed by atoms with E-state index in [0.717, 1.165) is 37.2 Å². The molecule has 4 nitrogen and oxygen atoms in total. The maximum Gasteiger partial charge on any atom is 0.122 e. The molecule has 1 aromatic rings. The van der Waals surface area contributed by atoms with E-state index in [4.69, 9.17) is 0 Å². The lowest BCUT2D eigenvalue weighted by Crippen LogP contribution is -2.35. The van der Waals surface area contributed by atoms with Crippen LogP contribution in [0.1, 0.15) is 31.4 Å². The van der Waals surface area contributed by atoms with E-state index in [1.54, 1.807) is 0 Å². The molecule has 0 aliphatic carbocycles. The van der Waals surface area contributed by atoms with Crippen molar-refractivity contribution in [1.82, 2.24) is 5.32 Å². The molecule has 1 heterocycles. The highest BCUT2D eigenvalue weighted by molar-refractivity contribution is 5.54. The van der Waals surface area contributed by atoms with Gasteiger partial charge in [0.2, 0.25) is 0 Å². The van der Waals surface area contributed by atoms with Crippen LogP contribution >= 0.6 is 0 Å². The molecule has 1 unspecified atom stereocenters. The van der Waals surface area contributed by atoms with Crippen molar-refractivity contribution in [2.45, 2.75) is 31.9 Å². The molecule has 100 valence electrons. The number of hydrogen-bond donors (Lipinski definition) is 3. The second-order valence-corrected chi connectivity index (χ2v) is 4.97. The van der Waals surface area contributed by atoms with E-state index in [-0.39, 0.29) is 12.1 Å². The maximum absolute atomic E-state index is 10.1. The lowest BCUT2D eigenvalue weighted by atomic mass is 10.0. The summed E-state index contributed by atoms with van der Waals surface area (Å²) in [5.74, 6) is 0.334. The molecule has 0 bridgehead atoms. The number of aliphatic hydroxyl groups excluding tert-OH is 1. The lowest BCUT2D eigenvalue weighted by molar-refractivity contribution is 0.145. The van der Waals surface area contributed by atoms with Crippen molar-refractivity contribution in [2.24, 2.45) is 0 Å². The monoisotopic (exact) mass is 250 g/mol. The lowest BCUT2D eigenvalue weighted by Gasteiger charge is -2.31. The molecular formula is C14H22N2O2. The fourth-order valence-electron chi connectivity index (χ4n) is 2.37. The first kappa shape index (κ1) is 13.2. The summed E-state index contributed by atoms with van der Waals surface area (Å²) in [5, 5.41) is 22.7. The zero-order valence-corrected chi connectivity index (χ0v) is 11.1. The highest BCUT2D eigenvalue weighted by Gasteiger charge is 2.18. The third-order valence-corrected chi connectivity index (χ3v) is 3.74. The number of nitrogens with one attached hydrogen (secondary N) is 1. The first-order valence-electron chi connectivity index (χ1n) is 6.55. The number of aromatic hydroxyl groups is 1. The Kier molecular flexibility index (Phi) is 4.09. The van der Waals surface area contributed by atoms with E-state index in [1.807, 2.05) is 32.2 Å². The summed E-state index contributed by atoms with van der Waals surface area (Å²) in [6.45, 7) is 3.72. The van der Waals surface area contributed by atoms with Crippen molar-refractivity contribution < 1.29 is 10.2 Å². The predicted molar refractivity (Wildman–Crippen MR) is 73.0 cm³/mol. The molecular weight excluding hydrogens is 228 g/mol. The number of rotatable bonds is 3. The second kappa shape index (κ2) is 5.59. The molecule has 0 saturated carbocycles. The predicted octanol–water partition coefficient (Wildman–Crippen LogP) is 1.63. The number of aliphatic hydroxyl groups is 1. The van der Waals surface area contributed by atoms with E-state index in [9.17, 15) is 10.2 Å². The van der Waals surface area contributed by atoms with Gasteiger partial charge in [0, 0.05) is 36.4 Å². The van der Waals surface area contributed by atoms with E-state index >= 15 is 0 Å². The number of piperidine rings is 1. The van der Waals surface area contributed by atoms with Crippen LogP contribution in [0.2, 0.25) is 0 Å². The average molecular weight is 250 g/mol. The Labute approximate surface area is 108 Å². The van der Waals surface area contributed by atoms with Crippen molar-refractivity contribution in [3.05, 3.63) is 23.8 Å². The number of anilines is 1. The van der Waals surface area contributed by atoms with Gasteiger partial charge in [-0.25, -0.2) is 0 Å². The molecule has 18 heavy (non-hydrogen) atoms. The van der Waals surface area contributed by atoms with Crippen LogP contribution in [0.4, 0.5) is 5.69 Å². The van der Waals surface area contributed by atoms with Gasteiger partial charge in [-0.15, -0.1) is 0 Å². The number of phenols is 1. The summed E-state index contributed by atoms with van der Waals surface area (Å²) in [4.78, 5) is 2.21. The van der Waals surface area contributed by atoms with E-state index < -0.39 is 0 Å². The highest BCUT2D eigenvalue weighted by atomic mass is 16.3. The summed E-state index contributed by atoms with van der Waals surface area (Å²) in [7, 11) is 1.88. The van der Waals surface area contributed by atoms with Gasteiger partial charge in [-0.3, -0.25) is 0 Å². The van der Waals surface area contributed by atoms with Crippen LogP contribution < -0.4 is 10.2 Å². The zero-order chi connectivity index (χ0) is 13.1. The molecule has 0 amide bonds. The van der Waals surface area contributed by atoms with Gasteiger partial charge >= 0.3 is 0 Å². The van der Waals surface area contributed by atoms with E-state index in [2.05, 4.69) is 10.2 Å². The summed E-state index contributed by atoms with van der Waals surface area (Å²) in [5.41, 5.74) is 1.95. The summed E-state index contributed by atoms with van der Waals surface area (Å²) >= 11 is 0. The highest BCUT2D eigenvalue weighted by Crippen LogP contribution is 2.30. The SMILES string of the molecule is CNC(C)c1ccc(N2CCC(O)CC2)cc1O. The van der Waals surface area contributed by atoms with Crippen molar-refractivity contribution in [2.75, 3.05) is 25.0 Å². The molecule has 1 aliphatic heterocycles. The largest absolute Gasteiger partial charge is 0.508 e. The van der Waals surface area contributed by atoms with Crippen molar-refractivity contribution in [1.29, 1.82) is 0 Å². The van der Waals surface area contributed by atoms with Crippen LogP contribution in [0.25, 0.3) is 0 Å². The minimum atomic E-state index is -0.168. The van der Waals surface area contributed by atoms with Crippen LogP contribution in [0.5, 0.6) is 5.75 Å². The van der Waals surface area contributed by atoms with Crippen LogP contribution in [0.3, 0.4) is 0 Å². The fourth-order valence-corrected chi connectivity index (χ4v) is 2.37. The zero-order valence-electron chi connectivity index (χ0n) is 11.1. The smallest absolute Gasteiger partial charge is 0.122 e. The van der Waals surface area contributed by atoms with E-state index in [1.165, 1.54) is 0 Å². The molecule has 1 fully saturated rings.